The fourth-order valence-electron chi connectivity index (χ4n) is 1.49. The first-order valence-electron chi connectivity index (χ1n) is 5.83. The number of nitrogens with one attached hydrogen (secondary N) is 1. The van der Waals surface area contributed by atoms with Gasteiger partial charge in [-0.3, -0.25) is 9.59 Å². The van der Waals surface area contributed by atoms with Gasteiger partial charge in [0.25, 0.3) is 0 Å². The largest absolute Gasteiger partial charge is 0.342 e. The van der Waals surface area contributed by atoms with E-state index in [-0.39, 0.29) is 11.8 Å². The molecule has 0 spiro atoms. The number of benzene rings is 1. The zero-order valence-electron chi connectivity index (χ0n) is 10.8. The maximum atomic E-state index is 11.4. The highest BCUT2D eigenvalue weighted by atomic mass is 16.2. The van der Waals surface area contributed by atoms with Crippen LogP contribution >= 0.6 is 0 Å². The van der Waals surface area contributed by atoms with Crippen molar-refractivity contribution in [3.63, 3.8) is 0 Å². The molecule has 0 aliphatic heterocycles. The Hall–Kier alpha value is -1.88. The molecule has 0 bridgehead atoms. The van der Waals surface area contributed by atoms with Crippen LogP contribution in [0.15, 0.2) is 24.3 Å². The third kappa shape index (κ3) is 4.55. The van der Waals surface area contributed by atoms with Crippen LogP contribution in [-0.4, -0.2) is 30.3 Å². The van der Waals surface area contributed by atoms with Crippen LogP contribution in [0.25, 0.3) is 0 Å². The summed E-state index contributed by atoms with van der Waals surface area (Å²) in [4.78, 5) is 24.1. The summed E-state index contributed by atoms with van der Waals surface area (Å²) in [6.07, 6.45) is 0.303. The highest BCUT2D eigenvalue weighted by molar-refractivity contribution is 5.90. The quantitative estimate of drug-likeness (QED) is 0.816. The summed E-state index contributed by atoms with van der Waals surface area (Å²) >= 11 is 0. The Labute approximate surface area is 107 Å². The molecule has 5 heteroatoms. The molecule has 1 aromatic carbocycles. The van der Waals surface area contributed by atoms with E-state index in [9.17, 15) is 9.59 Å². The van der Waals surface area contributed by atoms with E-state index in [2.05, 4.69) is 5.32 Å². The van der Waals surface area contributed by atoms with E-state index >= 15 is 0 Å². The number of nitrogens with two attached hydrogens (primary N) is 1. The average Bonchev–Trinajstić information content (AvgIpc) is 2.29. The van der Waals surface area contributed by atoms with Crippen molar-refractivity contribution >= 4 is 17.5 Å². The Morgan fingerprint density at radius 2 is 2.11 bits per heavy atom. The lowest BCUT2D eigenvalue weighted by Crippen LogP contribution is -2.23. The molecule has 0 aliphatic rings. The zero-order valence-corrected chi connectivity index (χ0v) is 10.8. The lowest BCUT2D eigenvalue weighted by atomic mass is 10.2. The van der Waals surface area contributed by atoms with Gasteiger partial charge in [0.2, 0.25) is 11.8 Å². The Bertz CT molecular complexity index is 432. The minimum atomic E-state index is -0.102. The molecule has 0 saturated heterocycles. The highest BCUT2D eigenvalue weighted by Crippen LogP contribution is 2.12. The highest BCUT2D eigenvalue weighted by Gasteiger charge is 2.05. The van der Waals surface area contributed by atoms with Crippen molar-refractivity contribution < 1.29 is 9.59 Å². The van der Waals surface area contributed by atoms with Gasteiger partial charge < -0.3 is 16.0 Å². The molecule has 0 saturated carbocycles. The van der Waals surface area contributed by atoms with E-state index in [4.69, 9.17) is 5.73 Å². The Balaban J connectivity index is 2.67. The molecule has 0 atom stereocenters. The SMILES string of the molecule is CC(=O)N(C)Cc1cccc(NC(=O)CCN)c1. The van der Waals surface area contributed by atoms with Crippen molar-refractivity contribution in [3.8, 4) is 0 Å². The molecule has 2 amide bonds. The van der Waals surface area contributed by atoms with Gasteiger partial charge in [0.15, 0.2) is 0 Å². The summed E-state index contributed by atoms with van der Waals surface area (Å²) in [5.41, 5.74) is 7.00. The normalized spacial score (nSPS) is 9.94. The molecule has 1 rings (SSSR count). The molecule has 0 unspecified atom stereocenters. The van der Waals surface area contributed by atoms with Gasteiger partial charge in [-0.2, -0.15) is 0 Å². The Morgan fingerprint density at radius 1 is 1.39 bits per heavy atom. The van der Waals surface area contributed by atoms with E-state index < -0.39 is 0 Å². The number of amides is 2. The van der Waals surface area contributed by atoms with Crippen molar-refractivity contribution in [1.82, 2.24) is 4.90 Å². The molecule has 0 radical (unpaired) electrons. The maximum Gasteiger partial charge on any atom is 0.225 e. The molecule has 0 heterocycles. The standard InChI is InChI=1S/C13H19N3O2/c1-10(17)16(2)9-11-4-3-5-12(8-11)15-13(18)6-7-14/h3-5,8H,6-7,9,14H2,1-2H3,(H,15,18). The van der Waals surface area contributed by atoms with E-state index in [0.29, 0.717) is 19.5 Å². The zero-order chi connectivity index (χ0) is 13.5. The molecule has 3 N–H and O–H groups in total. The molecular formula is C13H19N3O2. The monoisotopic (exact) mass is 249 g/mol. The fourth-order valence-corrected chi connectivity index (χ4v) is 1.49. The summed E-state index contributed by atoms with van der Waals surface area (Å²) in [5.74, 6) is -0.0952. The molecule has 5 nitrogen and oxygen atoms in total. The first kappa shape index (κ1) is 14.2. The predicted octanol–water partition coefficient (Wildman–Crippen LogP) is 0.952. The van der Waals surface area contributed by atoms with E-state index in [0.717, 1.165) is 11.3 Å². The number of nitrogens with zero attached hydrogens (tertiary/aromatic N) is 1. The van der Waals surface area contributed by atoms with E-state index in [1.807, 2.05) is 24.3 Å². The summed E-state index contributed by atoms with van der Waals surface area (Å²) < 4.78 is 0. The summed E-state index contributed by atoms with van der Waals surface area (Å²) in [6.45, 7) is 2.38. The van der Waals surface area contributed by atoms with Crippen LogP contribution in [0.4, 0.5) is 5.69 Å². The van der Waals surface area contributed by atoms with Gasteiger partial charge in [0.1, 0.15) is 0 Å². The van der Waals surface area contributed by atoms with Gasteiger partial charge in [0, 0.05) is 39.2 Å². The molecule has 0 aliphatic carbocycles. The van der Waals surface area contributed by atoms with Crippen LogP contribution < -0.4 is 11.1 Å². The number of hydrogen-bond acceptors (Lipinski definition) is 3. The van der Waals surface area contributed by atoms with E-state index in [1.165, 1.54) is 6.92 Å². The number of rotatable bonds is 5. The summed E-state index contributed by atoms with van der Waals surface area (Å²) in [6, 6.07) is 7.43. The minimum absolute atomic E-state index is 0.00701. The van der Waals surface area contributed by atoms with Gasteiger partial charge in [-0.25, -0.2) is 0 Å². The second-order valence-corrected chi connectivity index (χ2v) is 4.16. The van der Waals surface area contributed by atoms with Crippen molar-refractivity contribution in [2.24, 2.45) is 5.73 Å². The van der Waals surface area contributed by atoms with Crippen molar-refractivity contribution in [3.05, 3.63) is 29.8 Å². The van der Waals surface area contributed by atoms with Crippen molar-refractivity contribution in [1.29, 1.82) is 0 Å². The Kier molecular flexibility index (Phi) is 5.32. The minimum Gasteiger partial charge on any atom is -0.342 e. The second-order valence-electron chi connectivity index (χ2n) is 4.16. The van der Waals surface area contributed by atoms with Gasteiger partial charge in [-0.05, 0) is 17.7 Å². The molecule has 98 valence electrons. The lowest BCUT2D eigenvalue weighted by molar-refractivity contribution is -0.128. The maximum absolute atomic E-state index is 11.4. The number of hydrogen-bond donors (Lipinski definition) is 2. The molecule has 0 aromatic heterocycles. The third-order valence-corrected chi connectivity index (χ3v) is 2.54. The lowest BCUT2D eigenvalue weighted by Gasteiger charge is -2.15. The van der Waals surface area contributed by atoms with Gasteiger partial charge in [0.05, 0.1) is 0 Å². The van der Waals surface area contributed by atoms with Gasteiger partial charge >= 0.3 is 0 Å². The molecule has 0 fully saturated rings. The number of carbonyl (C=O) groups excluding carboxylic acids is 2. The van der Waals surface area contributed by atoms with E-state index in [1.54, 1.807) is 11.9 Å². The Morgan fingerprint density at radius 3 is 2.72 bits per heavy atom. The summed E-state index contributed by atoms with van der Waals surface area (Å²) in [7, 11) is 1.74. The van der Waals surface area contributed by atoms with Crippen LogP contribution in [0.1, 0.15) is 18.9 Å². The van der Waals surface area contributed by atoms with Gasteiger partial charge in [-0.15, -0.1) is 0 Å². The van der Waals surface area contributed by atoms with Crippen LogP contribution in [0.2, 0.25) is 0 Å². The van der Waals surface area contributed by atoms with Crippen molar-refractivity contribution in [2.75, 3.05) is 18.9 Å². The number of anilines is 1. The van der Waals surface area contributed by atoms with Crippen LogP contribution in [0.5, 0.6) is 0 Å². The first-order valence-corrected chi connectivity index (χ1v) is 5.83. The topological polar surface area (TPSA) is 75.4 Å². The van der Waals surface area contributed by atoms with Crippen LogP contribution in [-0.2, 0) is 16.1 Å². The second kappa shape index (κ2) is 6.76. The van der Waals surface area contributed by atoms with Gasteiger partial charge in [-0.1, -0.05) is 12.1 Å². The fraction of sp³-hybridized carbons (Fsp3) is 0.385. The average molecular weight is 249 g/mol. The van der Waals surface area contributed by atoms with Crippen molar-refractivity contribution in [2.45, 2.75) is 19.9 Å². The molecule has 18 heavy (non-hydrogen) atoms. The van der Waals surface area contributed by atoms with Crippen LogP contribution in [0, 0.1) is 0 Å². The first-order chi connectivity index (χ1) is 8.52. The van der Waals surface area contributed by atoms with Crippen LogP contribution in [0.3, 0.4) is 0 Å². The molecule has 1 aromatic rings. The number of carbonyl (C=O) groups is 2. The summed E-state index contributed by atoms with van der Waals surface area (Å²) in [5, 5.41) is 2.76. The predicted molar refractivity (Wildman–Crippen MR) is 70.9 cm³/mol. The third-order valence-electron chi connectivity index (χ3n) is 2.54. The molecular weight excluding hydrogens is 230 g/mol. The smallest absolute Gasteiger partial charge is 0.225 e.